The maximum atomic E-state index is 12.7. The van der Waals surface area contributed by atoms with E-state index in [0.29, 0.717) is 16.8 Å². The van der Waals surface area contributed by atoms with Crippen molar-refractivity contribution in [2.45, 2.75) is 12.0 Å². The number of ketones is 1. The van der Waals surface area contributed by atoms with Gasteiger partial charge in [0.25, 0.3) is 0 Å². The van der Waals surface area contributed by atoms with Gasteiger partial charge in [-0.15, -0.1) is 0 Å². The van der Waals surface area contributed by atoms with Crippen LogP contribution in [0, 0.1) is 0 Å². The lowest BCUT2D eigenvalue weighted by atomic mass is 9.85. The molecule has 3 aromatic carbocycles. The van der Waals surface area contributed by atoms with E-state index in [1.54, 1.807) is 18.2 Å². The second-order valence-corrected chi connectivity index (χ2v) is 6.13. The number of carbonyl (C=O) groups excluding carboxylic acids is 2. The van der Waals surface area contributed by atoms with Gasteiger partial charge in [-0.05, 0) is 22.9 Å². The molecule has 118 valence electrons. The number of Topliss-reactive ketones (excluding diaryl/α,β-unsaturated/α-hetero) is 1. The fraction of sp³-hybridized carbons (Fsp3) is 0.100. The molecule has 4 nitrogen and oxygen atoms in total. The molecule has 1 atom stereocenters. The van der Waals surface area contributed by atoms with Crippen LogP contribution in [0.1, 0.15) is 22.3 Å². The zero-order valence-electron chi connectivity index (χ0n) is 13.0. The summed E-state index contributed by atoms with van der Waals surface area (Å²) in [4.78, 5) is 25.1. The van der Waals surface area contributed by atoms with Gasteiger partial charge in [0.05, 0.1) is 0 Å². The number of amides is 1. The van der Waals surface area contributed by atoms with Crippen LogP contribution in [0.25, 0.3) is 10.8 Å². The summed E-state index contributed by atoms with van der Waals surface area (Å²) in [6, 6.07) is 20.6. The van der Waals surface area contributed by atoms with Crippen molar-refractivity contribution in [1.82, 2.24) is 0 Å². The minimum Gasteiger partial charge on any atom is -0.324 e. The summed E-state index contributed by atoms with van der Waals surface area (Å²) in [6.07, 6.45) is -0.0613. The third kappa shape index (κ3) is 2.20. The molecule has 0 aliphatic carbocycles. The monoisotopic (exact) mass is 316 g/mol. The molecular formula is C20H16N2O2. The second-order valence-electron chi connectivity index (χ2n) is 6.13. The van der Waals surface area contributed by atoms with Crippen molar-refractivity contribution in [3.8, 4) is 0 Å². The van der Waals surface area contributed by atoms with Gasteiger partial charge in [-0.25, -0.2) is 0 Å². The van der Waals surface area contributed by atoms with Crippen molar-refractivity contribution in [2.75, 3.05) is 5.32 Å². The highest BCUT2D eigenvalue weighted by Gasteiger charge is 2.44. The SMILES string of the molecule is NC1(CC(=O)c2ccc3ccccc3c2)C(=O)Nc2ccccc21. The molecule has 4 heteroatoms. The summed E-state index contributed by atoms with van der Waals surface area (Å²) in [5.74, 6) is -0.479. The van der Waals surface area contributed by atoms with E-state index in [0.717, 1.165) is 10.8 Å². The van der Waals surface area contributed by atoms with Crippen LogP contribution in [0.2, 0.25) is 0 Å². The minimum absolute atomic E-state index is 0.0613. The predicted octanol–water partition coefficient (Wildman–Crippen LogP) is 3.22. The molecule has 3 aromatic rings. The molecule has 0 saturated heterocycles. The molecule has 1 aliphatic heterocycles. The average molecular weight is 316 g/mol. The Kier molecular flexibility index (Phi) is 3.22. The highest BCUT2D eigenvalue weighted by Crippen LogP contribution is 2.37. The molecule has 1 unspecified atom stereocenters. The number of carbonyl (C=O) groups is 2. The molecule has 4 rings (SSSR count). The van der Waals surface area contributed by atoms with E-state index in [9.17, 15) is 9.59 Å². The van der Waals surface area contributed by atoms with Crippen LogP contribution in [0.5, 0.6) is 0 Å². The molecule has 24 heavy (non-hydrogen) atoms. The molecule has 3 N–H and O–H groups in total. The van der Waals surface area contributed by atoms with E-state index in [1.165, 1.54) is 0 Å². The van der Waals surface area contributed by atoms with Gasteiger partial charge in [0.1, 0.15) is 5.54 Å². The first-order valence-corrected chi connectivity index (χ1v) is 7.80. The van der Waals surface area contributed by atoms with Gasteiger partial charge < -0.3 is 11.1 Å². The van der Waals surface area contributed by atoms with Gasteiger partial charge in [0.2, 0.25) is 5.91 Å². The van der Waals surface area contributed by atoms with Crippen molar-refractivity contribution >= 4 is 28.2 Å². The van der Waals surface area contributed by atoms with Gasteiger partial charge in [-0.1, -0.05) is 54.6 Å². The second kappa shape index (κ2) is 5.28. The van der Waals surface area contributed by atoms with Crippen molar-refractivity contribution < 1.29 is 9.59 Å². The Morgan fingerprint density at radius 1 is 0.958 bits per heavy atom. The fourth-order valence-corrected chi connectivity index (χ4v) is 3.23. The molecule has 1 heterocycles. The Hall–Kier alpha value is -2.98. The van der Waals surface area contributed by atoms with Gasteiger partial charge in [0.15, 0.2) is 5.78 Å². The number of hydrogen-bond acceptors (Lipinski definition) is 3. The number of anilines is 1. The highest BCUT2D eigenvalue weighted by atomic mass is 16.2. The molecule has 0 aromatic heterocycles. The largest absolute Gasteiger partial charge is 0.324 e. The number of rotatable bonds is 3. The standard InChI is InChI=1S/C20H16N2O2/c21-20(16-7-3-4-8-17(16)22-19(20)24)12-18(23)15-10-9-13-5-1-2-6-14(13)11-15/h1-11H,12,21H2,(H,22,24). The molecule has 1 amide bonds. The summed E-state index contributed by atoms with van der Waals surface area (Å²) in [5.41, 5.74) is 6.93. The molecule has 0 fully saturated rings. The van der Waals surface area contributed by atoms with Gasteiger partial charge in [-0.3, -0.25) is 9.59 Å². The van der Waals surface area contributed by atoms with Crippen molar-refractivity contribution in [1.29, 1.82) is 0 Å². The third-order valence-electron chi connectivity index (χ3n) is 4.57. The van der Waals surface area contributed by atoms with E-state index >= 15 is 0 Å². The number of nitrogens with two attached hydrogens (primary N) is 1. The molecular weight excluding hydrogens is 300 g/mol. The summed E-state index contributed by atoms with van der Waals surface area (Å²) in [5, 5.41) is 4.82. The molecule has 0 saturated carbocycles. The van der Waals surface area contributed by atoms with Crippen LogP contribution in [-0.4, -0.2) is 11.7 Å². The topological polar surface area (TPSA) is 72.2 Å². The Balaban J connectivity index is 1.69. The van der Waals surface area contributed by atoms with Crippen molar-refractivity contribution in [2.24, 2.45) is 5.73 Å². The van der Waals surface area contributed by atoms with Crippen LogP contribution in [0.15, 0.2) is 66.7 Å². The number of fused-ring (bicyclic) bond motifs is 2. The Bertz CT molecular complexity index is 980. The Morgan fingerprint density at radius 2 is 1.67 bits per heavy atom. The summed E-state index contributed by atoms with van der Waals surface area (Å²) >= 11 is 0. The van der Waals surface area contributed by atoms with E-state index in [1.807, 2.05) is 48.5 Å². The van der Waals surface area contributed by atoms with Crippen molar-refractivity contribution in [3.05, 3.63) is 77.9 Å². The quantitative estimate of drug-likeness (QED) is 0.729. The first-order chi connectivity index (χ1) is 11.6. The van der Waals surface area contributed by atoms with Crippen LogP contribution in [-0.2, 0) is 10.3 Å². The van der Waals surface area contributed by atoms with Gasteiger partial charge in [-0.2, -0.15) is 0 Å². The number of benzene rings is 3. The minimum atomic E-state index is -1.32. The molecule has 0 spiro atoms. The van der Waals surface area contributed by atoms with E-state index < -0.39 is 5.54 Å². The lowest BCUT2D eigenvalue weighted by molar-refractivity contribution is -0.120. The highest BCUT2D eigenvalue weighted by molar-refractivity contribution is 6.10. The molecule has 0 bridgehead atoms. The number of hydrogen-bond donors (Lipinski definition) is 2. The molecule has 1 aliphatic rings. The zero-order valence-corrected chi connectivity index (χ0v) is 13.0. The number of nitrogens with one attached hydrogen (secondary N) is 1. The van der Waals surface area contributed by atoms with E-state index in [4.69, 9.17) is 5.73 Å². The van der Waals surface area contributed by atoms with Crippen LogP contribution in [0.3, 0.4) is 0 Å². The first-order valence-electron chi connectivity index (χ1n) is 7.80. The Labute approximate surface area is 139 Å². The lowest BCUT2D eigenvalue weighted by Crippen LogP contribution is -2.45. The van der Waals surface area contributed by atoms with E-state index in [2.05, 4.69) is 5.32 Å². The predicted molar refractivity (Wildman–Crippen MR) is 93.8 cm³/mol. The average Bonchev–Trinajstić information content (AvgIpc) is 2.85. The summed E-state index contributed by atoms with van der Waals surface area (Å²) in [6.45, 7) is 0. The summed E-state index contributed by atoms with van der Waals surface area (Å²) < 4.78 is 0. The molecule has 0 radical (unpaired) electrons. The van der Waals surface area contributed by atoms with Crippen LogP contribution < -0.4 is 11.1 Å². The Morgan fingerprint density at radius 3 is 2.50 bits per heavy atom. The maximum absolute atomic E-state index is 12.7. The first kappa shape index (κ1) is 14.6. The van der Waals surface area contributed by atoms with Gasteiger partial charge in [0, 0.05) is 23.2 Å². The normalized spacial score (nSPS) is 19.1. The van der Waals surface area contributed by atoms with Gasteiger partial charge >= 0.3 is 0 Å². The maximum Gasteiger partial charge on any atom is 0.249 e. The van der Waals surface area contributed by atoms with Crippen LogP contribution in [0.4, 0.5) is 5.69 Å². The van der Waals surface area contributed by atoms with E-state index in [-0.39, 0.29) is 18.1 Å². The van der Waals surface area contributed by atoms with Crippen molar-refractivity contribution in [3.63, 3.8) is 0 Å². The fourth-order valence-electron chi connectivity index (χ4n) is 3.23. The summed E-state index contributed by atoms with van der Waals surface area (Å²) in [7, 11) is 0. The number of para-hydroxylation sites is 1. The lowest BCUT2D eigenvalue weighted by Gasteiger charge is -2.21. The smallest absolute Gasteiger partial charge is 0.249 e. The zero-order chi connectivity index (χ0) is 16.7. The van der Waals surface area contributed by atoms with Crippen LogP contribution >= 0.6 is 0 Å². The third-order valence-corrected chi connectivity index (χ3v) is 4.57.